The van der Waals surface area contributed by atoms with E-state index in [-0.39, 0.29) is 0 Å². The number of rotatable bonds is 5. The minimum atomic E-state index is 0.499. The van der Waals surface area contributed by atoms with Gasteiger partial charge in [-0.25, -0.2) is 4.98 Å². The number of pyridine rings is 1. The monoisotopic (exact) mass is 249 g/mol. The van der Waals surface area contributed by atoms with E-state index < -0.39 is 0 Å². The molecule has 0 amide bonds. The lowest BCUT2D eigenvalue weighted by Gasteiger charge is -2.33. The number of ether oxygens (including phenoxy) is 1. The summed E-state index contributed by atoms with van der Waals surface area (Å²) in [7, 11) is 0. The van der Waals surface area contributed by atoms with E-state index in [0.29, 0.717) is 6.04 Å². The lowest BCUT2D eigenvalue weighted by Crippen LogP contribution is -2.42. The van der Waals surface area contributed by atoms with E-state index in [2.05, 4.69) is 41.2 Å². The quantitative estimate of drug-likeness (QED) is 0.867. The van der Waals surface area contributed by atoms with Crippen LogP contribution >= 0.6 is 0 Å². The van der Waals surface area contributed by atoms with Gasteiger partial charge in [0, 0.05) is 31.9 Å². The predicted octanol–water partition coefficient (Wildman–Crippen LogP) is 2.12. The predicted molar refractivity (Wildman–Crippen MR) is 73.7 cm³/mol. The standard InChI is InChI=1S/C14H23N3O/c1-3-5-15-14-9-13(4-6-16-14)10-17-7-8-18-11-12(17)2/h4,6,9,12H,3,5,7-8,10-11H2,1-2H3,(H,15,16). The van der Waals surface area contributed by atoms with E-state index in [1.807, 2.05) is 6.20 Å². The zero-order chi connectivity index (χ0) is 12.8. The first-order chi connectivity index (χ1) is 8.79. The van der Waals surface area contributed by atoms with E-state index in [4.69, 9.17) is 4.74 Å². The Labute approximate surface area is 109 Å². The van der Waals surface area contributed by atoms with Crippen molar-refractivity contribution in [1.29, 1.82) is 0 Å². The molecule has 0 aromatic carbocycles. The molecule has 0 radical (unpaired) electrons. The Hall–Kier alpha value is -1.13. The molecule has 1 atom stereocenters. The topological polar surface area (TPSA) is 37.4 Å². The number of anilines is 1. The first kappa shape index (κ1) is 13.3. The number of nitrogens with zero attached hydrogens (tertiary/aromatic N) is 2. The van der Waals surface area contributed by atoms with Gasteiger partial charge in [-0.1, -0.05) is 6.92 Å². The molecule has 0 aliphatic carbocycles. The molecule has 1 N–H and O–H groups in total. The minimum absolute atomic E-state index is 0.499. The SMILES string of the molecule is CCCNc1cc(CN2CCOCC2C)ccn1. The summed E-state index contributed by atoms with van der Waals surface area (Å²) >= 11 is 0. The molecule has 1 fully saturated rings. The Morgan fingerprint density at radius 2 is 2.44 bits per heavy atom. The summed E-state index contributed by atoms with van der Waals surface area (Å²) in [6, 6.07) is 4.75. The van der Waals surface area contributed by atoms with E-state index in [0.717, 1.165) is 45.1 Å². The summed E-state index contributed by atoms with van der Waals surface area (Å²) in [6.07, 6.45) is 3.00. The maximum Gasteiger partial charge on any atom is 0.126 e. The van der Waals surface area contributed by atoms with Crippen molar-refractivity contribution in [2.75, 3.05) is 31.6 Å². The second kappa shape index (κ2) is 6.71. The Kier molecular flexibility index (Phi) is 4.96. The molecule has 2 heterocycles. The third-order valence-corrected chi connectivity index (χ3v) is 3.27. The van der Waals surface area contributed by atoms with Crippen LogP contribution in [0.3, 0.4) is 0 Å². The van der Waals surface area contributed by atoms with Crippen molar-refractivity contribution in [3.63, 3.8) is 0 Å². The molecule has 1 saturated heterocycles. The zero-order valence-corrected chi connectivity index (χ0v) is 11.4. The van der Waals surface area contributed by atoms with Crippen molar-refractivity contribution < 1.29 is 4.74 Å². The first-order valence-electron chi connectivity index (χ1n) is 6.80. The summed E-state index contributed by atoms with van der Waals surface area (Å²) in [5, 5.41) is 3.33. The number of morpholine rings is 1. The molecule has 1 aromatic heterocycles. The summed E-state index contributed by atoms with van der Waals surface area (Å²) < 4.78 is 5.46. The Morgan fingerprint density at radius 1 is 1.56 bits per heavy atom. The molecule has 0 saturated carbocycles. The molecular weight excluding hydrogens is 226 g/mol. The maximum absolute atomic E-state index is 5.46. The lowest BCUT2D eigenvalue weighted by molar-refractivity contribution is -0.00436. The molecule has 2 rings (SSSR count). The van der Waals surface area contributed by atoms with Crippen LogP contribution in [-0.2, 0) is 11.3 Å². The van der Waals surface area contributed by atoms with Gasteiger partial charge in [-0.15, -0.1) is 0 Å². The summed E-state index contributed by atoms with van der Waals surface area (Å²) in [4.78, 5) is 6.80. The third kappa shape index (κ3) is 3.68. The van der Waals surface area contributed by atoms with Crippen LogP contribution in [0.1, 0.15) is 25.8 Å². The van der Waals surface area contributed by atoms with Crippen LogP contribution in [0.15, 0.2) is 18.3 Å². The summed E-state index contributed by atoms with van der Waals surface area (Å²) in [6.45, 7) is 9.03. The smallest absolute Gasteiger partial charge is 0.126 e. The number of aromatic nitrogens is 1. The van der Waals surface area contributed by atoms with Gasteiger partial charge in [0.25, 0.3) is 0 Å². The van der Waals surface area contributed by atoms with Gasteiger partial charge in [0.05, 0.1) is 13.2 Å². The molecule has 100 valence electrons. The molecule has 4 heteroatoms. The first-order valence-corrected chi connectivity index (χ1v) is 6.80. The van der Waals surface area contributed by atoms with Gasteiger partial charge in [0.1, 0.15) is 5.82 Å². The second-order valence-electron chi connectivity index (χ2n) is 4.87. The fraction of sp³-hybridized carbons (Fsp3) is 0.643. The molecule has 0 spiro atoms. The zero-order valence-electron chi connectivity index (χ0n) is 11.4. The molecule has 1 aliphatic heterocycles. The van der Waals surface area contributed by atoms with Crippen molar-refractivity contribution in [3.05, 3.63) is 23.9 Å². The van der Waals surface area contributed by atoms with Gasteiger partial charge in [-0.3, -0.25) is 4.90 Å². The molecule has 1 aliphatic rings. The van der Waals surface area contributed by atoms with Crippen LogP contribution in [0.4, 0.5) is 5.82 Å². The van der Waals surface area contributed by atoms with Crippen molar-refractivity contribution in [3.8, 4) is 0 Å². The average Bonchev–Trinajstić information content (AvgIpc) is 2.40. The number of hydrogen-bond donors (Lipinski definition) is 1. The van der Waals surface area contributed by atoms with Crippen LogP contribution in [0.2, 0.25) is 0 Å². The highest BCUT2D eigenvalue weighted by Crippen LogP contribution is 2.14. The van der Waals surface area contributed by atoms with Crippen molar-refractivity contribution in [1.82, 2.24) is 9.88 Å². The van der Waals surface area contributed by atoms with Crippen molar-refractivity contribution in [2.45, 2.75) is 32.9 Å². The number of nitrogens with one attached hydrogen (secondary N) is 1. The summed E-state index contributed by atoms with van der Waals surface area (Å²) in [5.74, 6) is 0.982. The highest BCUT2D eigenvalue weighted by molar-refractivity contribution is 5.37. The molecule has 18 heavy (non-hydrogen) atoms. The van der Waals surface area contributed by atoms with Gasteiger partial charge < -0.3 is 10.1 Å². The lowest BCUT2D eigenvalue weighted by atomic mass is 10.2. The molecule has 1 aromatic rings. The van der Waals surface area contributed by atoms with Gasteiger partial charge in [-0.2, -0.15) is 0 Å². The molecule has 0 bridgehead atoms. The van der Waals surface area contributed by atoms with Crippen LogP contribution in [-0.4, -0.2) is 42.2 Å². The number of hydrogen-bond acceptors (Lipinski definition) is 4. The second-order valence-corrected chi connectivity index (χ2v) is 4.87. The maximum atomic E-state index is 5.46. The Bertz CT molecular complexity index is 370. The van der Waals surface area contributed by atoms with Crippen LogP contribution in [0, 0.1) is 0 Å². The van der Waals surface area contributed by atoms with E-state index in [1.54, 1.807) is 0 Å². The fourth-order valence-electron chi connectivity index (χ4n) is 2.15. The normalized spacial score (nSPS) is 20.9. The van der Waals surface area contributed by atoms with Crippen molar-refractivity contribution in [2.24, 2.45) is 0 Å². The molecule has 4 nitrogen and oxygen atoms in total. The minimum Gasteiger partial charge on any atom is -0.379 e. The fourth-order valence-corrected chi connectivity index (χ4v) is 2.15. The highest BCUT2D eigenvalue weighted by Gasteiger charge is 2.18. The van der Waals surface area contributed by atoms with Crippen LogP contribution < -0.4 is 5.32 Å². The average molecular weight is 249 g/mol. The van der Waals surface area contributed by atoms with E-state index >= 15 is 0 Å². The van der Waals surface area contributed by atoms with Crippen LogP contribution in [0.25, 0.3) is 0 Å². The third-order valence-electron chi connectivity index (χ3n) is 3.27. The van der Waals surface area contributed by atoms with Gasteiger partial charge in [0.15, 0.2) is 0 Å². The van der Waals surface area contributed by atoms with Gasteiger partial charge in [-0.05, 0) is 31.0 Å². The summed E-state index contributed by atoms with van der Waals surface area (Å²) in [5.41, 5.74) is 1.32. The molecule has 1 unspecified atom stereocenters. The largest absolute Gasteiger partial charge is 0.379 e. The van der Waals surface area contributed by atoms with Gasteiger partial charge in [0.2, 0.25) is 0 Å². The van der Waals surface area contributed by atoms with Crippen LogP contribution in [0.5, 0.6) is 0 Å². The Balaban J connectivity index is 1.95. The van der Waals surface area contributed by atoms with Crippen molar-refractivity contribution >= 4 is 5.82 Å². The van der Waals surface area contributed by atoms with E-state index in [1.165, 1.54) is 5.56 Å². The van der Waals surface area contributed by atoms with Gasteiger partial charge >= 0.3 is 0 Å². The molecular formula is C14H23N3O. The Morgan fingerprint density at radius 3 is 3.22 bits per heavy atom. The van der Waals surface area contributed by atoms with E-state index in [9.17, 15) is 0 Å². The highest BCUT2D eigenvalue weighted by atomic mass is 16.5.